The SMILES string of the molecule is COC(=O)c1ccc(C)c(N=NC(C(C)=O)C(=O)Nc2ccc(NC(=O)C(N=Nc3cc(C)ccc3C(=O)OC)C(C)=O)cc2)c1. The molecule has 0 saturated heterocycles. The molecule has 0 heterocycles. The van der Waals surface area contributed by atoms with Gasteiger partial charge < -0.3 is 20.1 Å². The zero-order valence-corrected chi connectivity index (χ0v) is 26.0. The van der Waals surface area contributed by atoms with Gasteiger partial charge in [0.05, 0.1) is 31.0 Å². The summed E-state index contributed by atoms with van der Waals surface area (Å²) in [4.78, 5) is 74.2. The third kappa shape index (κ3) is 9.05. The third-order valence-corrected chi connectivity index (χ3v) is 6.44. The van der Waals surface area contributed by atoms with Crippen LogP contribution in [0.4, 0.5) is 22.7 Å². The van der Waals surface area contributed by atoms with Gasteiger partial charge in [0.1, 0.15) is 5.69 Å². The predicted octanol–water partition coefficient (Wildman–Crippen LogP) is 5.24. The van der Waals surface area contributed by atoms with Crippen molar-refractivity contribution in [3.8, 4) is 0 Å². The van der Waals surface area contributed by atoms with Gasteiger partial charge in [0.2, 0.25) is 12.1 Å². The standard InChI is InChI=1S/C32H32N6O8/c1-17-7-14-24(32(44)46-6)26(15-17)36-38-28(20(4)40)30(42)34-23-12-10-22(11-13-23)33-29(41)27(19(3)39)37-35-25-16-21(31(43)45-5)9-8-18(25)2/h7-16,27-28H,1-6H3,(H,33,41)(H,34,42). The Morgan fingerprint density at radius 3 is 1.61 bits per heavy atom. The number of ether oxygens (including phenoxy) is 2. The molecule has 2 amide bonds. The Labute approximate surface area is 264 Å². The van der Waals surface area contributed by atoms with E-state index in [-0.39, 0.29) is 33.9 Å². The molecule has 0 aliphatic rings. The van der Waals surface area contributed by atoms with E-state index in [4.69, 9.17) is 9.47 Å². The average Bonchev–Trinajstić information content (AvgIpc) is 3.02. The Kier molecular flexibility index (Phi) is 11.8. The van der Waals surface area contributed by atoms with Gasteiger partial charge in [0.25, 0.3) is 11.8 Å². The summed E-state index contributed by atoms with van der Waals surface area (Å²) in [5.41, 5.74) is 2.77. The lowest BCUT2D eigenvalue weighted by molar-refractivity contribution is -0.127. The lowest BCUT2D eigenvalue weighted by atomic mass is 10.1. The molecule has 14 nitrogen and oxygen atoms in total. The third-order valence-electron chi connectivity index (χ3n) is 6.44. The second kappa shape index (κ2) is 15.7. The molecule has 0 fully saturated rings. The normalized spacial score (nSPS) is 12.3. The molecular weight excluding hydrogens is 596 g/mol. The molecule has 0 bridgehead atoms. The Balaban J connectivity index is 1.71. The minimum atomic E-state index is -1.51. The topological polar surface area (TPSA) is 194 Å². The lowest BCUT2D eigenvalue weighted by Gasteiger charge is -2.12. The van der Waals surface area contributed by atoms with Gasteiger partial charge in [-0.1, -0.05) is 12.1 Å². The van der Waals surface area contributed by atoms with Crippen molar-refractivity contribution >= 4 is 58.1 Å². The Morgan fingerprint density at radius 2 is 1.13 bits per heavy atom. The predicted molar refractivity (Wildman–Crippen MR) is 167 cm³/mol. The van der Waals surface area contributed by atoms with Crippen LogP contribution in [0.5, 0.6) is 0 Å². The number of Topliss-reactive ketones (excluding diaryl/α,β-unsaturated/α-hetero) is 2. The number of hydrogen-bond donors (Lipinski definition) is 2. The molecule has 0 radical (unpaired) electrons. The van der Waals surface area contributed by atoms with Crippen LogP contribution in [0.1, 0.15) is 45.7 Å². The monoisotopic (exact) mass is 628 g/mol. The van der Waals surface area contributed by atoms with Gasteiger partial charge in [-0.2, -0.15) is 20.5 Å². The fourth-order valence-corrected chi connectivity index (χ4v) is 3.90. The number of nitrogens with zero attached hydrogens (tertiary/aromatic N) is 4. The van der Waals surface area contributed by atoms with Crippen LogP contribution in [0.3, 0.4) is 0 Å². The number of hydrogen-bond acceptors (Lipinski definition) is 12. The molecule has 3 rings (SSSR count). The molecule has 14 heteroatoms. The van der Waals surface area contributed by atoms with E-state index in [1.165, 1.54) is 64.5 Å². The highest BCUT2D eigenvalue weighted by Crippen LogP contribution is 2.24. The number of amides is 2. The van der Waals surface area contributed by atoms with Crippen molar-refractivity contribution in [2.75, 3.05) is 24.9 Å². The number of aryl methyl sites for hydroxylation is 2. The van der Waals surface area contributed by atoms with Gasteiger partial charge in [-0.15, -0.1) is 0 Å². The fourth-order valence-electron chi connectivity index (χ4n) is 3.90. The number of anilines is 2. The van der Waals surface area contributed by atoms with E-state index in [1.807, 2.05) is 0 Å². The van der Waals surface area contributed by atoms with Crippen molar-refractivity contribution in [2.45, 2.75) is 39.8 Å². The molecular formula is C32H32N6O8. The van der Waals surface area contributed by atoms with Crippen molar-refractivity contribution < 1.29 is 38.2 Å². The second-order valence-electron chi connectivity index (χ2n) is 10.0. The van der Waals surface area contributed by atoms with Crippen molar-refractivity contribution in [1.82, 2.24) is 0 Å². The van der Waals surface area contributed by atoms with E-state index in [2.05, 4.69) is 31.1 Å². The summed E-state index contributed by atoms with van der Waals surface area (Å²) in [5, 5.41) is 20.9. The first kappa shape index (κ1) is 34.6. The summed E-state index contributed by atoms with van der Waals surface area (Å²) in [7, 11) is 2.46. The number of azo groups is 2. The van der Waals surface area contributed by atoms with Gasteiger partial charge in [-0.3, -0.25) is 19.2 Å². The first-order chi connectivity index (χ1) is 21.8. The molecule has 46 heavy (non-hydrogen) atoms. The molecule has 2 unspecified atom stereocenters. The maximum absolute atomic E-state index is 12.9. The summed E-state index contributed by atoms with van der Waals surface area (Å²) in [5.74, 6) is -3.91. The number of carbonyl (C=O) groups excluding carboxylic acids is 6. The van der Waals surface area contributed by atoms with E-state index in [0.29, 0.717) is 5.56 Å². The largest absolute Gasteiger partial charge is 0.465 e. The van der Waals surface area contributed by atoms with Crippen molar-refractivity contribution in [3.63, 3.8) is 0 Å². The Hall–Kier alpha value is -5.92. The summed E-state index contributed by atoms with van der Waals surface area (Å²) in [6.45, 7) is 5.88. The van der Waals surface area contributed by atoms with Gasteiger partial charge >= 0.3 is 11.9 Å². The molecule has 0 aliphatic carbocycles. The maximum Gasteiger partial charge on any atom is 0.340 e. The molecule has 0 aromatic heterocycles. The van der Waals surface area contributed by atoms with E-state index in [9.17, 15) is 28.8 Å². The number of methoxy groups -OCH3 is 2. The summed E-state index contributed by atoms with van der Waals surface area (Å²) < 4.78 is 9.46. The fraction of sp³-hybridized carbons (Fsp3) is 0.250. The number of carbonyl (C=O) groups is 6. The highest BCUT2D eigenvalue weighted by Gasteiger charge is 2.25. The molecule has 3 aromatic carbocycles. The highest BCUT2D eigenvalue weighted by molar-refractivity contribution is 6.11. The van der Waals surface area contributed by atoms with Crippen molar-refractivity contribution in [3.05, 3.63) is 82.9 Å². The summed E-state index contributed by atoms with van der Waals surface area (Å²) in [6.07, 6.45) is 0. The number of nitrogens with one attached hydrogen (secondary N) is 2. The Bertz CT molecular complexity index is 1730. The van der Waals surface area contributed by atoms with Crippen molar-refractivity contribution in [2.24, 2.45) is 20.5 Å². The molecule has 2 N–H and O–H groups in total. The minimum Gasteiger partial charge on any atom is -0.465 e. The first-order valence-corrected chi connectivity index (χ1v) is 13.8. The van der Waals surface area contributed by atoms with Crippen LogP contribution in [0.25, 0.3) is 0 Å². The molecule has 0 spiro atoms. The zero-order chi connectivity index (χ0) is 34.0. The van der Waals surface area contributed by atoms with Crippen LogP contribution in [0.15, 0.2) is 81.1 Å². The number of esters is 2. The highest BCUT2D eigenvalue weighted by atomic mass is 16.5. The van der Waals surface area contributed by atoms with Crippen LogP contribution in [-0.4, -0.2) is 61.6 Å². The second-order valence-corrected chi connectivity index (χ2v) is 10.0. The van der Waals surface area contributed by atoms with Crippen LogP contribution >= 0.6 is 0 Å². The maximum atomic E-state index is 12.9. The lowest BCUT2D eigenvalue weighted by Crippen LogP contribution is -2.32. The first-order valence-electron chi connectivity index (χ1n) is 13.8. The van der Waals surface area contributed by atoms with Gasteiger partial charge in [0, 0.05) is 11.4 Å². The molecule has 238 valence electrons. The van der Waals surface area contributed by atoms with Crippen LogP contribution < -0.4 is 10.6 Å². The van der Waals surface area contributed by atoms with Gasteiger partial charge in [-0.25, -0.2) is 9.59 Å². The molecule has 0 saturated carbocycles. The smallest absolute Gasteiger partial charge is 0.340 e. The van der Waals surface area contributed by atoms with Gasteiger partial charge in [-0.05, 0) is 87.4 Å². The number of benzene rings is 3. The summed E-state index contributed by atoms with van der Waals surface area (Å²) >= 11 is 0. The molecule has 3 aromatic rings. The van der Waals surface area contributed by atoms with Crippen LogP contribution in [-0.2, 0) is 28.7 Å². The van der Waals surface area contributed by atoms with Gasteiger partial charge in [0.15, 0.2) is 11.6 Å². The Morgan fingerprint density at radius 1 is 0.630 bits per heavy atom. The summed E-state index contributed by atoms with van der Waals surface area (Å²) in [6, 6.07) is 12.3. The van der Waals surface area contributed by atoms with E-state index < -0.39 is 47.4 Å². The van der Waals surface area contributed by atoms with Crippen molar-refractivity contribution in [1.29, 1.82) is 0 Å². The molecule has 0 aliphatic heterocycles. The van der Waals surface area contributed by atoms with E-state index in [1.54, 1.807) is 38.1 Å². The van der Waals surface area contributed by atoms with E-state index in [0.717, 1.165) is 5.56 Å². The quantitative estimate of drug-likeness (QED) is 0.154. The van der Waals surface area contributed by atoms with E-state index >= 15 is 0 Å². The molecule has 2 atom stereocenters. The number of ketones is 2. The average molecular weight is 629 g/mol. The van der Waals surface area contributed by atoms with Crippen LogP contribution in [0, 0.1) is 13.8 Å². The minimum absolute atomic E-state index is 0.119. The zero-order valence-electron chi connectivity index (χ0n) is 26.0. The number of rotatable bonds is 12. The van der Waals surface area contributed by atoms with Crippen LogP contribution in [0.2, 0.25) is 0 Å².